The molecule has 0 aromatic heterocycles. The lowest BCUT2D eigenvalue weighted by Crippen LogP contribution is -2.53. The summed E-state index contributed by atoms with van der Waals surface area (Å²) in [6.45, 7) is 0. The number of hydrogen-bond donors (Lipinski definition) is 2. The molecular weight excluding hydrogens is 250 g/mol. The smallest absolute Gasteiger partial charge is 0.481 e. The second-order valence-corrected chi connectivity index (χ2v) is 4.75. The van der Waals surface area contributed by atoms with Crippen molar-refractivity contribution in [2.75, 3.05) is 14.2 Å². The van der Waals surface area contributed by atoms with Gasteiger partial charge in [0.25, 0.3) is 0 Å². The molecule has 0 saturated heterocycles. The van der Waals surface area contributed by atoms with Gasteiger partial charge in [0, 0.05) is 5.56 Å². The van der Waals surface area contributed by atoms with E-state index in [0.717, 1.165) is 0 Å². The van der Waals surface area contributed by atoms with Gasteiger partial charge in [-0.1, -0.05) is 0 Å². The fourth-order valence-electron chi connectivity index (χ4n) is 1.24. The molecule has 1 radical (unpaired) electrons. The number of quaternary nitrogens is 1. The molecule has 8 heteroatoms. The number of aliphatic hydroxyl groups is 1. The van der Waals surface area contributed by atoms with Crippen molar-refractivity contribution in [2.24, 2.45) is 0 Å². The number of ether oxygens (including phenoxy) is 2. The Balaban J connectivity index is 3.12. The Morgan fingerprint density at radius 3 is 2.35 bits per heavy atom. The van der Waals surface area contributed by atoms with E-state index in [1.807, 2.05) is 0 Å². The highest BCUT2D eigenvalue weighted by Gasteiger charge is 2.45. The quantitative estimate of drug-likeness (QED) is 0.556. The summed E-state index contributed by atoms with van der Waals surface area (Å²) in [6, 6.07) is 4.22. The molecule has 2 atom stereocenters. The van der Waals surface area contributed by atoms with E-state index in [2.05, 4.69) is 10.2 Å². The summed E-state index contributed by atoms with van der Waals surface area (Å²) < 4.78 is 36.4. The molecule has 4 N–H and O–H groups in total. The zero-order valence-corrected chi connectivity index (χ0v) is 10.2. The van der Waals surface area contributed by atoms with E-state index in [9.17, 15) is 13.9 Å². The van der Waals surface area contributed by atoms with Crippen molar-refractivity contribution in [1.82, 2.24) is 0 Å². The maximum Gasteiger partial charge on any atom is 0.481 e. The molecule has 0 bridgehead atoms. The minimum atomic E-state index is -4.15. The van der Waals surface area contributed by atoms with Crippen molar-refractivity contribution in [1.29, 1.82) is 0 Å². The molecule has 95 valence electrons. The predicted octanol–water partition coefficient (Wildman–Crippen LogP) is -0.372. The number of rotatable bonds is 5. The summed E-state index contributed by atoms with van der Waals surface area (Å²) in [7, 11) is -1.30. The van der Waals surface area contributed by atoms with Crippen molar-refractivity contribution in [3.05, 3.63) is 23.8 Å². The Hall–Kier alpha value is -1.19. The number of aliphatic hydroxyl groups excluding tert-OH is 1. The van der Waals surface area contributed by atoms with Crippen molar-refractivity contribution >= 4 is 10.5 Å². The maximum atomic E-state index is 11.2. The Labute approximate surface area is 99.5 Å². The van der Waals surface area contributed by atoms with E-state index in [0.29, 0.717) is 11.5 Å². The van der Waals surface area contributed by atoms with Crippen LogP contribution in [0.4, 0.5) is 0 Å². The van der Waals surface area contributed by atoms with Gasteiger partial charge in [0.15, 0.2) is 11.5 Å². The minimum Gasteiger partial charge on any atom is -0.493 e. The second kappa shape index (κ2) is 5.43. The molecule has 1 aromatic carbocycles. The van der Waals surface area contributed by atoms with Crippen molar-refractivity contribution < 1.29 is 33.5 Å². The summed E-state index contributed by atoms with van der Waals surface area (Å²) >= 11 is 0. The molecule has 17 heavy (non-hydrogen) atoms. The van der Waals surface area contributed by atoms with E-state index in [-0.39, 0.29) is 5.56 Å². The predicted molar refractivity (Wildman–Crippen MR) is 57.2 cm³/mol. The average Bonchev–Trinajstić information content (AvgIpc) is 2.36. The highest BCUT2D eigenvalue weighted by molar-refractivity contribution is 7.92. The van der Waals surface area contributed by atoms with E-state index >= 15 is 0 Å². The number of hydrogen-bond acceptors (Lipinski definition) is 5. The maximum absolute atomic E-state index is 11.2. The molecule has 0 amide bonds. The van der Waals surface area contributed by atoms with Gasteiger partial charge in [0.05, 0.1) is 23.1 Å². The first kappa shape index (κ1) is 13.9. The fraction of sp³-hybridized carbons (Fsp3) is 0.333. The van der Waals surface area contributed by atoms with Gasteiger partial charge < -0.3 is 14.6 Å². The first-order valence-electron chi connectivity index (χ1n) is 4.53. The molecule has 0 saturated carbocycles. The Kier molecular flexibility index (Phi) is 4.43. The third-order valence-corrected chi connectivity index (χ3v) is 3.28. The Morgan fingerprint density at radius 1 is 1.29 bits per heavy atom. The standard InChI is InChI=1S/C9H14NO6S/c1-14-7-4-3-6(5-8(7)15-2)9(11)17(12,13)16-10/h3-5,9,11H,1-2,10H3/q+2. The summed E-state index contributed by atoms with van der Waals surface area (Å²) in [4.78, 5) is 0. The summed E-state index contributed by atoms with van der Waals surface area (Å²) in [5.74, 6) is 3.51. The van der Waals surface area contributed by atoms with Crippen LogP contribution in [0.2, 0.25) is 0 Å². The SMILES string of the molecule is COc1ccc(C(O)[S+]([O])(=O)O[NH3+])cc1OC. The highest BCUT2D eigenvalue weighted by Crippen LogP contribution is 2.33. The van der Waals surface area contributed by atoms with Crippen molar-refractivity contribution in [3.63, 3.8) is 0 Å². The van der Waals surface area contributed by atoms with Crippen molar-refractivity contribution in [2.45, 2.75) is 5.44 Å². The first-order valence-corrected chi connectivity index (χ1v) is 6.01. The van der Waals surface area contributed by atoms with Gasteiger partial charge in [-0.05, 0) is 22.4 Å². The van der Waals surface area contributed by atoms with E-state index in [1.54, 1.807) is 0 Å². The highest BCUT2D eigenvalue weighted by atomic mass is 32.3. The molecule has 0 aliphatic carbocycles. The van der Waals surface area contributed by atoms with Crippen LogP contribution in [-0.4, -0.2) is 19.3 Å². The van der Waals surface area contributed by atoms with Crippen LogP contribution in [0.3, 0.4) is 0 Å². The van der Waals surface area contributed by atoms with Crippen LogP contribution in [-0.2, 0) is 23.5 Å². The largest absolute Gasteiger partial charge is 0.493 e. The van der Waals surface area contributed by atoms with Gasteiger partial charge >= 0.3 is 15.9 Å². The molecule has 1 aromatic rings. The van der Waals surface area contributed by atoms with Gasteiger partial charge in [-0.2, -0.15) is 5.90 Å². The van der Waals surface area contributed by atoms with E-state index < -0.39 is 15.9 Å². The molecule has 0 spiro atoms. The summed E-state index contributed by atoms with van der Waals surface area (Å²) in [5, 5.41) is 9.58. The fourth-order valence-corrected chi connectivity index (χ4v) is 1.85. The Bertz CT molecular complexity index is 437. The zero-order valence-electron chi connectivity index (χ0n) is 9.41. The van der Waals surface area contributed by atoms with Gasteiger partial charge in [0.2, 0.25) is 0 Å². The monoisotopic (exact) mass is 264 g/mol. The summed E-state index contributed by atoms with van der Waals surface area (Å²) in [6.07, 6.45) is 0. The third kappa shape index (κ3) is 2.93. The topological polar surface area (TPSA) is 113 Å². The Morgan fingerprint density at radius 2 is 1.88 bits per heavy atom. The lowest BCUT2D eigenvalue weighted by Gasteiger charge is -2.10. The van der Waals surface area contributed by atoms with Crippen LogP contribution in [0, 0.1) is 0 Å². The zero-order chi connectivity index (χ0) is 13.1. The molecule has 0 aliphatic heterocycles. The number of benzene rings is 1. The lowest BCUT2D eigenvalue weighted by molar-refractivity contribution is -0.638. The molecular formula is C9H14NO6S+2. The van der Waals surface area contributed by atoms with Crippen LogP contribution in [0.15, 0.2) is 18.2 Å². The molecule has 7 nitrogen and oxygen atoms in total. The molecule has 2 unspecified atom stereocenters. The molecule has 1 rings (SSSR count). The minimum absolute atomic E-state index is 0.103. The van der Waals surface area contributed by atoms with Crippen LogP contribution in [0.1, 0.15) is 11.0 Å². The van der Waals surface area contributed by atoms with E-state index in [4.69, 9.17) is 9.47 Å². The lowest BCUT2D eigenvalue weighted by atomic mass is 10.2. The van der Waals surface area contributed by atoms with Crippen molar-refractivity contribution in [3.8, 4) is 11.5 Å². The van der Waals surface area contributed by atoms with Gasteiger partial charge in [-0.15, -0.1) is 0 Å². The number of methoxy groups -OCH3 is 2. The molecule has 0 fully saturated rings. The normalized spacial score (nSPS) is 16.1. The summed E-state index contributed by atoms with van der Waals surface area (Å²) in [5.41, 5.74) is -1.72. The van der Waals surface area contributed by atoms with Crippen LogP contribution in [0.5, 0.6) is 11.5 Å². The molecule has 0 aliphatic rings. The van der Waals surface area contributed by atoms with Crippen LogP contribution < -0.4 is 15.4 Å². The van der Waals surface area contributed by atoms with Gasteiger partial charge in [0.1, 0.15) is 0 Å². The van der Waals surface area contributed by atoms with Crippen LogP contribution in [0.25, 0.3) is 0 Å². The average molecular weight is 264 g/mol. The molecule has 0 heterocycles. The van der Waals surface area contributed by atoms with E-state index in [1.165, 1.54) is 32.4 Å². The first-order chi connectivity index (χ1) is 7.96. The van der Waals surface area contributed by atoms with Gasteiger partial charge in [-0.25, -0.2) is 0 Å². The van der Waals surface area contributed by atoms with Gasteiger partial charge in [-0.3, -0.25) is 0 Å². The third-order valence-electron chi connectivity index (χ3n) is 2.13. The second-order valence-electron chi connectivity index (χ2n) is 3.08. The van der Waals surface area contributed by atoms with Crippen LogP contribution >= 0.6 is 0 Å².